The minimum atomic E-state index is -0.403. The maximum atomic E-state index is 11.1. The number of carbonyl (C=O) groups is 1. The molecule has 1 spiro atoms. The molecule has 0 radical (unpaired) electrons. The van der Waals surface area contributed by atoms with Crippen molar-refractivity contribution < 1.29 is 4.79 Å². The van der Waals surface area contributed by atoms with Crippen molar-refractivity contribution in [3.63, 3.8) is 0 Å². The smallest absolute Gasteiger partial charge is 0.269 e. The van der Waals surface area contributed by atoms with Gasteiger partial charge in [-0.2, -0.15) is 5.10 Å². The lowest BCUT2D eigenvalue weighted by atomic mass is 9.84. The van der Waals surface area contributed by atoms with Gasteiger partial charge in [-0.25, -0.2) is 0 Å². The lowest BCUT2D eigenvalue weighted by Crippen LogP contribution is -2.19. The van der Waals surface area contributed by atoms with Crippen molar-refractivity contribution in [2.45, 2.75) is 32.1 Å². The van der Waals surface area contributed by atoms with Crippen LogP contribution in [-0.2, 0) is 12.8 Å². The molecule has 0 aromatic carbocycles. The van der Waals surface area contributed by atoms with Crippen molar-refractivity contribution in [3.8, 4) is 0 Å². The highest BCUT2D eigenvalue weighted by atomic mass is 16.1. The van der Waals surface area contributed by atoms with Gasteiger partial charge in [-0.05, 0) is 37.5 Å². The number of aromatic nitrogens is 2. The third-order valence-corrected chi connectivity index (χ3v) is 3.60. The zero-order valence-corrected chi connectivity index (χ0v) is 7.97. The van der Waals surface area contributed by atoms with Gasteiger partial charge < -0.3 is 5.73 Å². The molecular weight excluding hydrogens is 178 g/mol. The molecule has 1 saturated carbocycles. The van der Waals surface area contributed by atoms with Crippen LogP contribution in [0, 0.1) is 5.41 Å². The predicted molar refractivity (Wildman–Crippen MR) is 50.8 cm³/mol. The number of hydrogen-bond acceptors (Lipinski definition) is 2. The molecule has 3 rings (SSSR count). The molecule has 1 aromatic rings. The van der Waals surface area contributed by atoms with E-state index in [4.69, 9.17) is 5.73 Å². The normalized spacial score (nSPS) is 22.0. The molecule has 2 aliphatic carbocycles. The fourth-order valence-electron chi connectivity index (χ4n) is 2.46. The quantitative estimate of drug-likeness (QED) is 0.688. The van der Waals surface area contributed by atoms with E-state index in [1.54, 1.807) is 0 Å². The summed E-state index contributed by atoms with van der Waals surface area (Å²) in [7, 11) is 0. The van der Waals surface area contributed by atoms with Gasteiger partial charge in [0.1, 0.15) is 0 Å². The highest BCUT2D eigenvalue weighted by molar-refractivity contribution is 5.92. The van der Waals surface area contributed by atoms with Crippen molar-refractivity contribution in [2.24, 2.45) is 11.1 Å². The molecule has 0 saturated heterocycles. The molecule has 3 N–H and O–H groups in total. The zero-order chi connectivity index (χ0) is 9.76. The summed E-state index contributed by atoms with van der Waals surface area (Å²) in [6, 6.07) is 0. The molecule has 1 fully saturated rings. The van der Waals surface area contributed by atoms with Gasteiger partial charge in [0.2, 0.25) is 0 Å². The van der Waals surface area contributed by atoms with Crippen molar-refractivity contribution in [1.82, 2.24) is 10.2 Å². The number of nitrogens with two attached hydrogens (primary N) is 1. The van der Waals surface area contributed by atoms with E-state index in [9.17, 15) is 4.79 Å². The van der Waals surface area contributed by atoms with E-state index in [1.165, 1.54) is 19.3 Å². The van der Waals surface area contributed by atoms with E-state index in [-0.39, 0.29) is 0 Å². The van der Waals surface area contributed by atoms with E-state index >= 15 is 0 Å². The first kappa shape index (κ1) is 8.03. The van der Waals surface area contributed by atoms with Gasteiger partial charge in [-0.1, -0.05) is 0 Å². The number of rotatable bonds is 1. The number of nitrogens with zero attached hydrogens (tertiary/aromatic N) is 1. The Hall–Kier alpha value is -1.32. The summed E-state index contributed by atoms with van der Waals surface area (Å²) in [6.45, 7) is 0. The summed E-state index contributed by atoms with van der Waals surface area (Å²) < 4.78 is 0. The Bertz CT molecular complexity index is 403. The Morgan fingerprint density at radius 2 is 2.21 bits per heavy atom. The van der Waals surface area contributed by atoms with Gasteiger partial charge in [-0.3, -0.25) is 9.89 Å². The van der Waals surface area contributed by atoms with Gasteiger partial charge >= 0.3 is 0 Å². The second-order valence-electron chi connectivity index (χ2n) is 4.57. The number of aromatic amines is 1. The highest BCUT2D eigenvalue weighted by Gasteiger charge is 2.46. The van der Waals surface area contributed by atoms with Gasteiger partial charge in [0.15, 0.2) is 5.69 Å². The van der Waals surface area contributed by atoms with Gasteiger partial charge in [-0.15, -0.1) is 0 Å². The highest BCUT2D eigenvalue weighted by Crippen LogP contribution is 2.54. The Kier molecular flexibility index (Phi) is 1.36. The van der Waals surface area contributed by atoms with Crippen LogP contribution >= 0.6 is 0 Å². The first-order valence-electron chi connectivity index (χ1n) is 5.06. The maximum absolute atomic E-state index is 11.1. The number of hydrogen-bond donors (Lipinski definition) is 2. The lowest BCUT2D eigenvalue weighted by molar-refractivity contribution is 0.0994. The number of H-pyrrole nitrogens is 1. The Morgan fingerprint density at radius 3 is 2.86 bits per heavy atom. The fourth-order valence-corrected chi connectivity index (χ4v) is 2.46. The SMILES string of the molecule is NC(=O)c1n[nH]c2c1CC1(CC2)CC1. The minimum absolute atomic E-state index is 0.403. The average Bonchev–Trinajstić information content (AvgIpc) is 2.77. The van der Waals surface area contributed by atoms with Crippen LogP contribution in [-0.4, -0.2) is 16.1 Å². The molecule has 0 bridgehead atoms. The van der Waals surface area contributed by atoms with Gasteiger partial charge in [0.05, 0.1) is 0 Å². The van der Waals surface area contributed by atoms with E-state index in [0.29, 0.717) is 11.1 Å². The molecular formula is C10H13N3O. The summed E-state index contributed by atoms with van der Waals surface area (Å²) in [5.41, 5.74) is 8.44. The monoisotopic (exact) mass is 191 g/mol. The van der Waals surface area contributed by atoms with E-state index in [0.717, 1.165) is 24.1 Å². The predicted octanol–water partition coefficient (Wildman–Crippen LogP) is 0.777. The van der Waals surface area contributed by atoms with E-state index < -0.39 is 5.91 Å². The molecule has 0 atom stereocenters. The molecule has 0 unspecified atom stereocenters. The van der Waals surface area contributed by atoms with Crippen LogP contribution in [0.1, 0.15) is 41.0 Å². The Labute approximate surface area is 81.9 Å². The van der Waals surface area contributed by atoms with Crippen LogP contribution in [0.3, 0.4) is 0 Å². The summed E-state index contributed by atoms with van der Waals surface area (Å²) in [6.07, 6.45) is 5.86. The van der Waals surface area contributed by atoms with Crippen LogP contribution in [0.5, 0.6) is 0 Å². The van der Waals surface area contributed by atoms with Gasteiger partial charge in [0, 0.05) is 11.3 Å². The molecule has 4 heteroatoms. The van der Waals surface area contributed by atoms with Crippen molar-refractivity contribution in [1.29, 1.82) is 0 Å². The molecule has 0 aliphatic heterocycles. The van der Waals surface area contributed by atoms with Gasteiger partial charge in [0.25, 0.3) is 5.91 Å². The topological polar surface area (TPSA) is 71.8 Å². The number of amides is 1. The third-order valence-electron chi connectivity index (χ3n) is 3.60. The largest absolute Gasteiger partial charge is 0.364 e. The number of fused-ring (bicyclic) bond motifs is 1. The van der Waals surface area contributed by atoms with E-state index in [1.807, 2.05) is 0 Å². The molecule has 14 heavy (non-hydrogen) atoms. The lowest BCUT2D eigenvalue weighted by Gasteiger charge is -2.20. The average molecular weight is 191 g/mol. The first-order chi connectivity index (χ1) is 6.70. The van der Waals surface area contributed by atoms with Crippen molar-refractivity contribution in [2.75, 3.05) is 0 Å². The fraction of sp³-hybridized carbons (Fsp3) is 0.600. The molecule has 1 aromatic heterocycles. The van der Waals surface area contributed by atoms with Crippen molar-refractivity contribution in [3.05, 3.63) is 17.0 Å². The summed E-state index contributed by atoms with van der Waals surface area (Å²) in [5.74, 6) is -0.403. The summed E-state index contributed by atoms with van der Waals surface area (Å²) in [4.78, 5) is 11.1. The summed E-state index contributed by atoms with van der Waals surface area (Å²) in [5, 5.41) is 6.91. The summed E-state index contributed by atoms with van der Waals surface area (Å²) >= 11 is 0. The number of aryl methyl sites for hydroxylation is 1. The molecule has 1 amide bonds. The second kappa shape index (κ2) is 2.38. The second-order valence-corrected chi connectivity index (χ2v) is 4.57. The molecule has 2 aliphatic rings. The first-order valence-corrected chi connectivity index (χ1v) is 5.06. The minimum Gasteiger partial charge on any atom is -0.364 e. The van der Waals surface area contributed by atoms with Crippen LogP contribution < -0.4 is 5.73 Å². The Morgan fingerprint density at radius 1 is 1.43 bits per heavy atom. The van der Waals surface area contributed by atoms with Crippen LogP contribution in [0.25, 0.3) is 0 Å². The van der Waals surface area contributed by atoms with E-state index in [2.05, 4.69) is 10.2 Å². The molecule has 1 heterocycles. The Balaban J connectivity index is 2.03. The molecule has 4 nitrogen and oxygen atoms in total. The third kappa shape index (κ3) is 0.997. The van der Waals surface area contributed by atoms with Crippen LogP contribution in [0.15, 0.2) is 0 Å². The standard InChI is InChI=1S/C10H13N3O/c11-9(14)8-6-5-10(3-4-10)2-1-7(6)12-13-8/h1-5H2,(H2,11,14)(H,12,13). The number of carbonyl (C=O) groups excluding carboxylic acids is 1. The molecule has 74 valence electrons. The van der Waals surface area contributed by atoms with Crippen LogP contribution in [0.2, 0.25) is 0 Å². The van der Waals surface area contributed by atoms with Crippen molar-refractivity contribution >= 4 is 5.91 Å². The maximum Gasteiger partial charge on any atom is 0.269 e. The number of nitrogens with one attached hydrogen (secondary N) is 1. The number of primary amides is 1. The zero-order valence-electron chi connectivity index (χ0n) is 7.97. The van der Waals surface area contributed by atoms with Crippen LogP contribution in [0.4, 0.5) is 0 Å².